The SMILES string of the molecule is CC1CCN(c2cc(C(N)=O)ccc2N)C1. The molecule has 16 heavy (non-hydrogen) atoms. The van der Waals surface area contributed by atoms with Gasteiger partial charge in [0.15, 0.2) is 0 Å². The third kappa shape index (κ3) is 1.96. The monoisotopic (exact) mass is 219 g/mol. The van der Waals surface area contributed by atoms with Gasteiger partial charge in [-0.2, -0.15) is 0 Å². The average Bonchev–Trinajstić information content (AvgIpc) is 2.65. The van der Waals surface area contributed by atoms with E-state index in [1.807, 2.05) is 0 Å². The maximum Gasteiger partial charge on any atom is 0.248 e. The van der Waals surface area contributed by atoms with Crippen molar-refractivity contribution < 1.29 is 4.79 Å². The summed E-state index contributed by atoms with van der Waals surface area (Å²) in [4.78, 5) is 13.3. The Hall–Kier alpha value is -1.71. The quantitative estimate of drug-likeness (QED) is 0.734. The van der Waals surface area contributed by atoms with Crippen molar-refractivity contribution in [3.8, 4) is 0 Å². The normalized spacial score (nSPS) is 20.1. The number of anilines is 2. The van der Waals surface area contributed by atoms with Crippen LogP contribution in [-0.4, -0.2) is 19.0 Å². The number of carbonyl (C=O) groups excluding carboxylic acids is 1. The second-order valence-corrected chi connectivity index (χ2v) is 4.48. The summed E-state index contributed by atoms with van der Waals surface area (Å²) in [5, 5.41) is 0. The number of hydrogen-bond acceptors (Lipinski definition) is 3. The fourth-order valence-corrected chi connectivity index (χ4v) is 2.12. The van der Waals surface area contributed by atoms with Crippen LogP contribution in [0.5, 0.6) is 0 Å². The molecule has 0 aliphatic carbocycles. The van der Waals surface area contributed by atoms with E-state index in [2.05, 4.69) is 11.8 Å². The van der Waals surface area contributed by atoms with Crippen molar-refractivity contribution in [1.82, 2.24) is 0 Å². The van der Waals surface area contributed by atoms with Crippen molar-refractivity contribution in [3.05, 3.63) is 23.8 Å². The van der Waals surface area contributed by atoms with E-state index in [0.717, 1.165) is 18.8 Å². The lowest BCUT2D eigenvalue weighted by atomic mass is 10.1. The van der Waals surface area contributed by atoms with Gasteiger partial charge >= 0.3 is 0 Å². The predicted octanol–water partition coefficient (Wildman–Crippen LogP) is 1.21. The Morgan fingerprint density at radius 2 is 2.25 bits per heavy atom. The molecule has 86 valence electrons. The standard InChI is InChI=1S/C12H17N3O/c1-8-4-5-15(7-8)11-6-9(12(14)16)2-3-10(11)13/h2-3,6,8H,4-5,7,13H2,1H3,(H2,14,16). The van der Waals surface area contributed by atoms with Gasteiger partial charge in [-0.15, -0.1) is 0 Å². The van der Waals surface area contributed by atoms with Crippen molar-refractivity contribution in [2.75, 3.05) is 23.7 Å². The zero-order chi connectivity index (χ0) is 11.7. The number of rotatable bonds is 2. The first-order valence-corrected chi connectivity index (χ1v) is 5.52. The third-order valence-electron chi connectivity index (χ3n) is 3.08. The Balaban J connectivity index is 2.32. The second kappa shape index (κ2) is 4.04. The number of amides is 1. The molecule has 0 bridgehead atoms. The number of nitrogen functional groups attached to an aromatic ring is 1. The lowest BCUT2D eigenvalue weighted by Crippen LogP contribution is -2.21. The fourth-order valence-electron chi connectivity index (χ4n) is 2.12. The first-order chi connectivity index (χ1) is 7.58. The summed E-state index contributed by atoms with van der Waals surface area (Å²) in [6, 6.07) is 5.20. The number of nitrogens with zero attached hydrogens (tertiary/aromatic N) is 1. The molecular weight excluding hydrogens is 202 g/mol. The summed E-state index contributed by atoms with van der Waals surface area (Å²) in [6.07, 6.45) is 1.17. The predicted molar refractivity (Wildman–Crippen MR) is 65.4 cm³/mol. The lowest BCUT2D eigenvalue weighted by Gasteiger charge is -2.20. The van der Waals surface area contributed by atoms with E-state index in [-0.39, 0.29) is 0 Å². The Bertz CT molecular complexity index is 417. The molecule has 4 nitrogen and oxygen atoms in total. The molecule has 0 saturated carbocycles. The van der Waals surface area contributed by atoms with E-state index in [4.69, 9.17) is 11.5 Å². The Morgan fingerprint density at radius 3 is 2.81 bits per heavy atom. The van der Waals surface area contributed by atoms with Gasteiger partial charge in [0.2, 0.25) is 5.91 Å². The van der Waals surface area contributed by atoms with Gasteiger partial charge < -0.3 is 16.4 Å². The molecule has 0 radical (unpaired) electrons. The lowest BCUT2D eigenvalue weighted by molar-refractivity contribution is 0.100. The molecule has 1 aliphatic heterocycles. The van der Waals surface area contributed by atoms with E-state index < -0.39 is 5.91 Å². The van der Waals surface area contributed by atoms with Crippen LogP contribution >= 0.6 is 0 Å². The van der Waals surface area contributed by atoms with Gasteiger partial charge in [0.05, 0.1) is 11.4 Å². The highest BCUT2D eigenvalue weighted by Crippen LogP contribution is 2.29. The van der Waals surface area contributed by atoms with E-state index in [1.165, 1.54) is 6.42 Å². The van der Waals surface area contributed by atoms with Crippen LogP contribution in [0.4, 0.5) is 11.4 Å². The summed E-state index contributed by atoms with van der Waals surface area (Å²) in [5.41, 5.74) is 13.3. The summed E-state index contributed by atoms with van der Waals surface area (Å²) >= 11 is 0. The minimum atomic E-state index is -0.409. The van der Waals surface area contributed by atoms with Crippen molar-refractivity contribution in [3.63, 3.8) is 0 Å². The first-order valence-electron chi connectivity index (χ1n) is 5.52. The van der Waals surface area contributed by atoms with Crippen LogP contribution in [0.15, 0.2) is 18.2 Å². The molecule has 1 aromatic rings. The molecule has 4 N–H and O–H groups in total. The summed E-state index contributed by atoms with van der Waals surface area (Å²) in [7, 11) is 0. The van der Waals surface area contributed by atoms with E-state index >= 15 is 0 Å². The van der Waals surface area contributed by atoms with E-state index in [9.17, 15) is 4.79 Å². The molecular formula is C12H17N3O. The van der Waals surface area contributed by atoms with Crippen molar-refractivity contribution in [2.45, 2.75) is 13.3 Å². The van der Waals surface area contributed by atoms with Crippen LogP contribution in [-0.2, 0) is 0 Å². The van der Waals surface area contributed by atoms with Gasteiger partial charge in [-0.1, -0.05) is 6.92 Å². The van der Waals surface area contributed by atoms with Crippen LogP contribution in [0.2, 0.25) is 0 Å². The largest absolute Gasteiger partial charge is 0.397 e. The maximum atomic E-state index is 11.1. The Kier molecular flexibility index (Phi) is 2.73. The second-order valence-electron chi connectivity index (χ2n) is 4.48. The molecule has 4 heteroatoms. The molecule has 1 amide bonds. The molecule has 0 aromatic heterocycles. The topological polar surface area (TPSA) is 72.3 Å². The smallest absolute Gasteiger partial charge is 0.248 e. The fraction of sp³-hybridized carbons (Fsp3) is 0.417. The zero-order valence-corrected chi connectivity index (χ0v) is 9.44. The minimum Gasteiger partial charge on any atom is -0.397 e. The minimum absolute atomic E-state index is 0.409. The van der Waals surface area contributed by atoms with Crippen molar-refractivity contribution in [1.29, 1.82) is 0 Å². The summed E-state index contributed by atoms with van der Waals surface area (Å²) < 4.78 is 0. The van der Waals surface area contributed by atoms with Gasteiger partial charge in [-0.05, 0) is 30.5 Å². The van der Waals surface area contributed by atoms with Gasteiger partial charge in [-0.25, -0.2) is 0 Å². The van der Waals surface area contributed by atoms with Crippen LogP contribution < -0.4 is 16.4 Å². The van der Waals surface area contributed by atoms with Crippen molar-refractivity contribution in [2.24, 2.45) is 11.7 Å². The zero-order valence-electron chi connectivity index (χ0n) is 9.44. The Labute approximate surface area is 95.2 Å². The summed E-state index contributed by atoms with van der Waals surface area (Å²) in [5.74, 6) is 0.269. The first kappa shape index (κ1) is 10.8. The van der Waals surface area contributed by atoms with Crippen molar-refractivity contribution >= 4 is 17.3 Å². The Morgan fingerprint density at radius 1 is 1.50 bits per heavy atom. The number of nitrogens with two attached hydrogens (primary N) is 2. The van der Waals surface area contributed by atoms with Crippen LogP contribution in [0.3, 0.4) is 0 Å². The van der Waals surface area contributed by atoms with Crippen LogP contribution in [0.25, 0.3) is 0 Å². The molecule has 0 spiro atoms. The summed E-state index contributed by atoms with van der Waals surface area (Å²) in [6.45, 7) is 4.20. The molecule has 1 saturated heterocycles. The molecule has 1 aliphatic rings. The van der Waals surface area contributed by atoms with Gasteiger partial charge in [0.1, 0.15) is 0 Å². The molecule has 2 rings (SSSR count). The number of carbonyl (C=O) groups is 1. The van der Waals surface area contributed by atoms with Crippen LogP contribution in [0, 0.1) is 5.92 Å². The van der Waals surface area contributed by atoms with E-state index in [1.54, 1.807) is 18.2 Å². The number of benzene rings is 1. The molecule has 1 atom stereocenters. The highest BCUT2D eigenvalue weighted by Gasteiger charge is 2.21. The molecule has 1 fully saturated rings. The highest BCUT2D eigenvalue weighted by molar-refractivity contribution is 5.95. The van der Waals surface area contributed by atoms with Crippen LogP contribution in [0.1, 0.15) is 23.7 Å². The maximum absolute atomic E-state index is 11.1. The molecule has 1 heterocycles. The van der Waals surface area contributed by atoms with Gasteiger partial charge in [0, 0.05) is 18.7 Å². The number of primary amides is 1. The highest BCUT2D eigenvalue weighted by atomic mass is 16.1. The average molecular weight is 219 g/mol. The van der Waals surface area contributed by atoms with Gasteiger partial charge in [0.25, 0.3) is 0 Å². The molecule has 1 unspecified atom stereocenters. The van der Waals surface area contributed by atoms with E-state index in [0.29, 0.717) is 17.2 Å². The third-order valence-corrected chi connectivity index (χ3v) is 3.08. The van der Waals surface area contributed by atoms with Gasteiger partial charge in [-0.3, -0.25) is 4.79 Å². The number of hydrogen-bond donors (Lipinski definition) is 2. The molecule has 1 aromatic carbocycles.